The van der Waals surface area contributed by atoms with E-state index in [1.165, 1.54) is 0 Å². The maximum atomic E-state index is 13.1. The number of hydrogen-bond donors (Lipinski definition) is 4. The molecule has 2 amide bonds. The summed E-state index contributed by atoms with van der Waals surface area (Å²) in [5.41, 5.74) is 3.71. The van der Waals surface area contributed by atoms with Crippen LogP contribution in [-0.2, 0) is 16.0 Å². The number of nitrogens with zero attached hydrogens (tertiary/aromatic N) is 1. The lowest BCUT2D eigenvalue weighted by Gasteiger charge is -2.19. The summed E-state index contributed by atoms with van der Waals surface area (Å²) < 4.78 is 5.26. The highest BCUT2D eigenvalue weighted by Gasteiger charge is 2.23. The van der Waals surface area contributed by atoms with Crippen molar-refractivity contribution in [2.24, 2.45) is 5.92 Å². The number of pyridine rings is 1. The maximum absolute atomic E-state index is 13.1. The number of aromatic nitrogens is 2. The van der Waals surface area contributed by atoms with E-state index in [1.54, 1.807) is 6.20 Å². The van der Waals surface area contributed by atoms with E-state index in [-0.39, 0.29) is 18.4 Å². The van der Waals surface area contributed by atoms with E-state index in [0.717, 1.165) is 33.1 Å². The molecule has 37 heavy (non-hydrogen) atoms. The van der Waals surface area contributed by atoms with Crippen molar-refractivity contribution in [2.45, 2.75) is 32.7 Å². The Morgan fingerprint density at radius 3 is 2.76 bits per heavy atom. The first kappa shape index (κ1) is 26.3. The summed E-state index contributed by atoms with van der Waals surface area (Å²) in [4.78, 5) is 33.0. The first-order valence-corrected chi connectivity index (χ1v) is 12.8. The topological polar surface area (TPSA) is 108 Å². The van der Waals surface area contributed by atoms with Gasteiger partial charge in [0.25, 0.3) is 0 Å². The molecule has 0 aliphatic heterocycles. The number of hydrogen-bond acceptors (Lipinski definition) is 5. The third kappa shape index (κ3) is 7.13. The van der Waals surface area contributed by atoms with Crippen LogP contribution in [0.1, 0.15) is 25.8 Å². The normalized spacial score (nSPS) is 12.0. The molecule has 0 fully saturated rings. The van der Waals surface area contributed by atoms with Crippen LogP contribution in [-0.4, -0.2) is 47.7 Å². The van der Waals surface area contributed by atoms with Gasteiger partial charge in [0, 0.05) is 58.9 Å². The molecule has 0 spiro atoms. The largest absolute Gasteiger partial charge is 0.449 e. The van der Waals surface area contributed by atoms with Crippen molar-refractivity contribution in [1.82, 2.24) is 20.6 Å². The highest BCUT2D eigenvalue weighted by molar-refractivity contribution is 6.31. The van der Waals surface area contributed by atoms with E-state index >= 15 is 0 Å². The van der Waals surface area contributed by atoms with Gasteiger partial charge in [-0.25, -0.2) is 4.79 Å². The molecule has 2 aromatic carbocycles. The number of halogens is 1. The number of ether oxygens (including phenoxy) is 1. The van der Waals surface area contributed by atoms with Crippen LogP contribution in [0, 0.1) is 5.92 Å². The third-order valence-corrected chi connectivity index (χ3v) is 6.16. The second-order valence-electron chi connectivity index (χ2n) is 9.34. The van der Waals surface area contributed by atoms with Gasteiger partial charge in [-0.05, 0) is 48.2 Å². The summed E-state index contributed by atoms with van der Waals surface area (Å²) in [6.07, 6.45) is 4.06. The highest BCUT2D eigenvalue weighted by atomic mass is 35.5. The van der Waals surface area contributed by atoms with E-state index in [9.17, 15) is 9.59 Å². The number of aromatic amines is 1. The zero-order valence-corrected chi connectivity index (χ0v) is 21.8. The molecule has 0 bridgehead atoms. The summed E-state index contributed by atoms with van der Waals surface area (Å²) in [6.45, 7) is 5.31. The molecule has 4 aromatic rings. The molecular formula is C28H32ClN5O3. The number of alkyl carbamates (subject to hydrolysis) is 1. The smallest absolute Gasteiger partial charge is 0.407 e. The molecule has 1 unspecified atom stereocenters. The SMILES string of the molecule is CC(C)COC(=O)NC(Cc1c[nH]c2ccccc12)C(=O)NCCCNc1ccnc2cc(Cl)ccc12. The monoisotopic (exact) mass is 521 g/mol. The number of H-pyrrole nitrogens is 1. The van der Waals surface area contributed by atoms with Crippen molar-refractivity contribution in [3.05, 3.63) is 71.5 Å². The average molecular weight is 522 g/mol. The summed E-state index contributed by atoms with van der Waals surface area (Å²) in [5, 5.41) is 11.7. The first-order chi connectivity index (χ1) is 17.9. The Labute approximate surface area is 221 Å². The van der Waals surface area contributed by atoms with Crippen LogP contribution in [0.4, 0.5) is 10.5 Å². The molecule has 2 heterocycles. The summed E-state index contributed by atoms with van der Waals surface area (Å²) >= 11 is 6.07. The van der Waals surface area contributed by atoms with Gasteiger partial charge in [-0.15, -0.1) is 0 Å². The van der Waals surface area contributed by atoms with Gasteiger partial charge in [-0.2, -0.15) is 0 Å². The Bertz CT molecular complexity index is 1370. The Balaban J connectivity index is 1.34. The number of rotatable bonds is 11. The second kappa shape index (κ2) is 12.5. The van der Waals surface area contributed by atoms with Crippen molar-refractivity contribution >= 4 is 51.1 Å². The van der Waals surface area contributed by atoms with Crippen molar-refractivity contribution in [2.75, 3.05) is 25.0 Å². The van der Waals surface area contributed by atoms with Crippen LogP contribution in [0.2, 0.25) is 5.02 Å². The number of benzene rings is 2. The second-order valence-corrected chi connectivity index (χ2v) is 9.78. The summed E-state index contributed by atoms with van der Waals surface area (Å²) in [7, 11) is 0. The summed E-state index contributed by atoms with van der Waals surface area (Å²) in [6, 6.07) is 14.6. The summed E-state index contributed by atoms with van der Waals surface area (Å²) in [5.74, 6) is -0.0515. The van der Waals surface area contributed by atoms with Crippen LogP contribution in [0.25, 0.3) is 21.8 Å². The Morgan fingerprint density at radius 1 is 1.08 bits per heavy atom. The lowest BCUT2D eigenvalue weighted by Crippen LogP contribution is -2.48. The van der Waals surface area contributed by atoms with E-state index < -0.39 is 12.1 Å². The van der Waals surface area contributed by atoms with Gasteiger partial charge in [-0.3, -0.25) is 9.78 Å². The van der Waals surface area contributed by atoms with Crippen LogP contribution < -0.4 is 16.0 Å². The fourth-order valence-electron chi connectivity index (χ4n) is 4.08. The number of carbonyl (C=O) groups excluding carboxylic acids is 2. The lowest BCUT2D eigenvalue weighted by molar-refractivity contribution is -0.123. The molecule has 9 heteroatoms. The van der Waals surface area contributed by atoms with Gasteiger partial charge >= 0.3 is 6.09 Å². The van der Waals surface area contributed by atoms with E-state index in [4.69, 9.17) is 16.3 Å². The van der Waals surface area contributed by atoms with Crippen LogP contribution in [0.15, 0.2) is 60.9 Å². The Kier molecular flexibility index (Phi) is 8.85. The standard InChI is InChI=1S/C28H32ClN5O3/c1-18(2)17-37-28(36)34-26(14-19-16-33-23-7-4-3-6-21(19)23)27(35)32-12-5-11-30-24-10-13-31-25-15-20(29)8-9-22(24)25/h3-4,6-10,13,15-16,18,26,33H,5,11-12,14,17H2,1-2H3,(H,30,31)(H,32,35)(H,34,36). The number of nitrogens with one attached hydrogen (secondary N) is 4. The van der Waals surface area contributed by atoms with Gasteiger partial charge in [-0.1, -0.05) is 43.6 Å². The average Bonchev–Trinajstić information content (AvgIpc) is 3.29. The maximum Gasteiger partial charge on any atom is 0.407 e. The molecule has 1 atom stereocenters. The fraction of sp³-hybridized carbons (Fsp3) is 0.321. The molecule has 0 aliphatic carbocycles. The Morgan fingerprint density at radius 2 is 1.92 bits per heavy atom. The molecule has 0 saturated carbocycles. The van der Waals surface area contributed by atoms with Gasteiger partial charge < -0.3 is 25.7 Å². The molecule has 0 radical (unpaired) electrons. The van der Waals surface area contributed by atoms with Crippen molar-refractivity contribution in [1.29, 1.82) is 0 Å². The van der Waals surface area contributed by atoms with Crippen molar-refractivity contribution in [3.8, 4) is 0 Å². The number of fused-ring (bicyclic) bond motifs is 2. The predicted molar refractivity (Wildman–Crippen MR) is 148 cm³/mol. The van der Waals surface area contributed by atoms with E-state index in [0.29, 0.717) is 31.0 Å². The molecule has 4 N–H and O–H groups in total. The number of anilines is 1. The number of para-hydroxylation sites is 1. The molecule has 194 valence electrons. The quantitative estimate of drug-likeness (QED) is 0.201. The van der Waals surface area contributed by atoms with Crippen LogP contribution in [0.3, 0.4) is 0 Å². The molecular weight excluding hydrogens is 490 g/mol. The molecule has 0 saturated heterocycles. The minimum absolute atomic E-state index is 0.202. The molecule has 2 aromatic heterocycles. The van der Waals surface area contributed by atoms with Gasteiger partial charge in [0.1, 0.15) is 6.04 Å². The van der Waals surface area contributed by atoms with Gasteiger partial charge in [0.2, 0.25) is 5.91 Å². The number of carbonyl (C=O) groups is 2. The fourth-order valence-corrected chi connectivity index (χ4v) is 4.24. The van der Waals surface area contributed by atoms with Gasteiger partial charge in [0.05, 0.1) is 12.1 Å². The first-order valence-electron chi connectivity index (χ1n) is 12.4. The van der Waals surface area contributed by atoms with E-state index in [2.05, 4.69) is 25.9 Å². The lowest BCUT2D eigenvalue weighted by atomic mass is 10.0. The molecule has 4 rings (SSSR count). The zero-order chi connectivity index (χ0) is 26.2. The third-order valence-electron chi connectivity index (χ3n) is 5.93. The highest BCUT2D eigenvalue weighted by Crippen LogP contribution is 2.24. The van der Waals surface area contributed by atoms with Crippen LogP contribution in [0.5, 0.6) is 0 Å². The van der Waals surface area contributed by atoms with E-state index in [1.807, 2.05) is 68.6 Å². The van der Waals surface area contributed by atoms with Crippen LogP contribution >= 0.6 is 11.6 Å². The number of amides is 2. The molecule has 8 nitrogen and oxygen atoms in total. The minimum Gasteiger partial charge on any atom is -0.449 e. The predicted octanol–water partition coefficient (Wildman–Crippen LogP) is 5.28. The van der Waals surface area contributed by atoms with Crippen molar-refractivity contribution < 1.29 is 14.3 Å². The van der Waals surface area contributed by atoms with Crippen molar-refractivity contribution in [3.63, 3.8) is 0 Å². The zero-order valence-electron chi connectivity index (χ0n) is 21.0. The van der Waals surface area contributed by atoms with Gasteiger partial charge in [0.15, 0.2) is 0 Å². The molecule has 0 aliphatic rings. The minimum atomic E-state index is -0.763. The Hall–Kier alpha value is -3.78.